The van der Waals surface area contributed by atoms with E-state index in [9.17, 15) is 9.18 Å². The van der Waals surface area contributed by atoms with Gasteiger partial charge in [-0.1, -0.05) is 30.3 Å². The number of hydrogen-bond donors (Lipinski definition) is 1. The normalized spacial score (nSPS) is 17.5. The van der Waals surface area contributed by atoms with Gasteiger partial charge < -0.3 is 15.0 Å². The molecule has 0 bridgehead atoms. The number of amides is 1. The Hall–Kier alpha value is -2.40. The van der Waals surface area contributed by atoms with Crippen LogP contribution in [0.5, 0.6) is 5.75 Å². The molecule has 2 atom stereocenters. The molecular weight excluding hydrogens is 319 g/mol. The molecule has 0 spiro atoms. The lowest BCUT2D eigenvalue weighted by molar-refractivity contribution is -0.126. The predicted molar refractivity (Wildman–Crippen MR) is 95.0 cm³/mol. The molecule has 1 aliphatic heterocycles. The number of benzene rings is 2. The van der Waals surface area contributed by atoms with Gasteiger partial charge in [0.05, 0.1) is 12.0 Å². The highest BCUT2D eigenvalue weighted by atomic mass is 19.1. The molecule has 1 amide bonds. The molecule has 25 heavy (non-hydrogen) atoms. The lowest BCUT2D eigenvalue weighted by Gasteiger charge is -2.28. The number of hydrogen-bond acceptors (Lipinski definition) is 3. The van der Waals surface area contributed by atoms with Gasteiger partial charge in [-0.25, -0.2) is 4.39 Å². The fourth-order valence-corrected chi connectivity index (χ4v) is 3.15. The van der Waals surface area contributed by atoms with Crippen molar-refractivity contribution in [1.82, 2.24) is 10.2 Å². The van der Waals surface area contributed by atoms with Gasteiger partial charge in [-0.05, 0) is 49.8 Å². The monoisotopic (exact) mass is 342 g/mol. The van der Waals surface area contributed by atoms with Gasteiger partial charge in [-0.15, -0.1) is 0 Å². The molecule has 1 N–H and O–H groups in total. The molecule has 3 rings (SSSR count). The number of fused-ring (bicyclic) bond motifs is 1. The summed E-state index contributed by atoms with van der Waals surface area (Å²) in [6.07, 6.45) is 0.675. The standard InChI is InChI=1S/C20H23FN2O2/c1-23(2)18(14-7-5-8-17(21)11-14)12-22-20(24)16-10-15-6-3-4-9-19(15)25-13-16/h3-9,11,16,18H,10,12-13H2,1-2H3,(H,22,24). The summed E-state index contributed by atoms with van der Waals surface area (Å²) in [7, 11) is 3.84. The first-order valence-corrected chi connectivity index (χ1v) is 8.45. The van der Waals surface area contributed by atoms with Gasteiger partial charge in [0.2, 0.25) is 5.91 Å². The minimum atomic E-state index is -0.270. The number of halogens is 1. The maximum absolute atomic E-state index is 13.5. The molecule has 2 aromatic carbocycles. The molecule has 0 radical (unpaired) electrons. The molecular formula is C20H23FN2O2. The van der Waals surface area contributed by atoms with Gasteiger partial charge in [0.1, 0.15) is 18.2 Å². The minimum Gasteiger partial charge on any atom is -0.492 e. The van der Waals surface area contributed by atoms with E-state index in [4.69, 9.17) is 4.74 Å². The second kappa shape index (κ2) is 7.66. The van der Waals surface area contributed by atoms with Crippen LogP contribution in [0.15, 0.2) is 48.5 Å². The average molecular weight is 342 g/mol. The van der Waals surface area contributed by atoms with Crippen molar-refractivity contribution in [2.24, 2.45) is 5.92 Å². The molecule has 0 aromatic heterocycles. The highest BCUT2D eigenvalue weighted by molar-refractivity contribution is 5.79. The molecule has 0 saturated heterocycles. The van der Waals surface area contributed by atoms with Crippen molar-refractivity contribution in [3.05, 3.63) is 65.5 Å². The number of carbonyl (C=O) groups is 1. The van der Waals surface area contributed by atoms with Crippen molar-refractivity contribution < 1.29 is 13.9 Å². The van der Waals surface area contributed by atoms with Crippen molar-refractivity contribution >= 4 is 5.91 Å². The van der Waals surface area contributed by atoms with Crippen LogP contribution in [0.1, 0.15) is 17.2 Å². The Bertz CT molecular complexity index is 748. The summed E-state index contributed by atoms with van der Waals surface area (Å²) < 4.78 is 19.2. The molecule has 132 valence electrons. The predicted octanol–water partition coefficient (Wildman–Crippen LogP) is 2.80. The van der Waals surface area contributed by atoms with Crippen molar-refractivity contribution in [3.8, 4) is 5.75 Å². The largest absolute Gasteiger partial charge is 0.492 e. The first-order chi connectivity index (χ1) is 12.0. The molecule has 1 heterocycles. The maximum Gasteiger partial charge on any atom is 0.226 e. The number of likely N-dealkylation sites (N-methyl/N-ethyl adjacent to an activating group) is 1. The number of nitrogens with one attached hydrogen (secondary N) is 1. The molecule has 2 unspecified atom stereocenters. The molecule has 2 aromatic rings. The molecule has 0 fully saturated rings. The van der Waals surface area contributed by atoms with Gasteiger partial charge >= 0.3 is 0 Å². The third kappa shape index (κ3) is 4.17. The van der Waals surface area contributed by atoms with E-state index >= 15 is 0 Å². The van der Waals surface area contributed by atoms with Crippen molar-refractivity contribution in [2.75, 3.05) is 27.2 Å². The molecule has 1 aliphatic rings. The molecule has 0 saturated carbocycles. The number of rotatable bonds is 5. The van der Waals surface area contributed by atoms with Crippen LogP contribution in [0, 0.1) is 11.7 Å². The number of nitrogens with zero attached hydrogens (tertiary/aromatic N) is 1. The Morgan fingerprint density at radius 1 is 1.28 bits per heavy atom. The molecule has 5 heteroatoms. The zero-order chi connectivity index (χ0) is 17.8. The van der Waals surface area contributed by atoms with E-state index in [0.717, 1.165) is 16.9 Å². The van der Waals surface area contributed by atoms with Gasteiger partial charge in [-0.3, -0.25) is 4.79 Å². The van der Waals surface area contributed by atoms with E-state index in [1.54, 1.807) is 6.07 Å². The quantitative estimate of drug-likeness (QED) is 0.908. The fraction of sp³-hybridized carbons (Fsp3) is 0.350. The summed E-state index contributed by atoms with van der Waals surface area (Å²) in [5.74, 6) is 0.355. The van der Waals surface area contributed by atoms with Crippen LogP contribution < -0.4 is 10.1 Å². The second-order valence-electron chi connectivity index (χ2n) is 6.60. The topological polar surface area (TPSA) is 41.6 Å². The summed E-state index contributed by atoms with van der Waals surface area (Å²) in [6.45, 7) is 0.808. The van der Waals surface area contributed by atoms with E-state index < -0.39 is 0 Å². The second-order valence-corrected chi connectivity index (χ2v) is 6.60. The van der Waals surface area contributed by atoms with Crippen LogP contribution in [0.3, 0.4) is 0 Å². The SMILES string of the molecule is CN(C)C(CNC(=O)C1COc2ccccc2C1)c1cccc(F)c1. The fourth-order valence-electron chi connectivity index (χ4n) is 3.15. The van der Waals surface area contributed by atoms with Gasteiger partial charge in [0, 0.05) is 6.54 Å². The highest BCUT2D eigenvalue weighted by Gasteiger charge is 2.26. The molecule has 0 aliphatic carbocycles. The third-order valence-electron chi connectivity index (χ3n) is 4.58. The number of carbonyl (C=O) groups excluding carboxylic acids is 1. The van der Waals surface area contributed by atoms with E-state index in [1.807, 2.05) is 49.3 Å². The molecule has 4 nitrogen and oxygen atoms in total. The third-order valence-corrected chi connectivity index (χ3v) is 4.58. The Morgan fingerprint density at radius 3 is 2.84 bits per heavy atom. The maximum atomic E-state index is 13.5. The summed E-state index contributed by atoms with van der Waals surface area (Å²) in [5, 5.41) is 3.00. The van der Waals surface area contributed by atoms with E-state index in [1.165, 1.54) is 12.1 Å². The van der Waals surface area contributed by atoms with Crippen molar-refractivity contribution in [2.45, 2.75) is 12.5 Å². The lowest BCUT2D eigenvalue weighted by Crippen LogP contribution is -2.41. The summed E-state index contributed by atoms with van der Waals surface area (Å²) in [6, 6.07) is 14.2. The van der Waals surface area contributed by atoms with Gasteiger partial charge in [-0.2, -0.15) is 0 Å². The Balaban J connectivity index is 1.63. The first-order valence-electron chi connectivity index (χ1n) is 8.45. The number of ether oxygens (including phenoxy) is 1. The first kappa shape index (κ1) is 17.4. The summed E-state index contributed by atoms with van der Waals surface area (Å²) in [4.78, 5) is 14.5. The summed E-state index contributed by atoms with van der Waals surface area (Å²) >= 11 is 0. The van der Waals surface area contributed by atoms with E-state index in [2.05, 4.69) is 5.32 Å². The van der Waals surface area contributed by atoms with Gasteiger partial charge in [0.15, 0.2) is 0 Å². The average Bonchev–Trinajstić information content (AvgIpc) is 2.61. The summed E-state index contributed by atoms with van der Waals surface area (Å²) in [5.41, 5.74) is 1.90. The number of para-hydroxylation sites is 1. The van der Waals surface area contributed by atoms with Crippen LogP contribution in [-0.4, -0.2) is 38.1 Å². The van der Waals surface area contributed by atoms with Crippen LogP contribution in [0.25, 0.3) is 0 Å². The minimum absolute atomic E-state index is 0.0299. The Kier molecular flexibility index (Phi) is 5.34. The van der Waals surface area contributed by atoms with Crippen molar-refractivity contribution in [1.29, 1.82) is 0 Å². The zero-order valence-corrected chi connectivity index (χ0v) is 14.5. The van der Waals surface area contributed by atoms with Crippen molar-refractivity contribution in [3.63, 3.8) is 0 Å². The van der Waals surface area contributed by atoms with E-state index in [-0.39, 0.29) is 23.7 Å². The smallest absolute Gasteiger partial charge is 0.226 e. The van der Waals surface area contributed by atoms with E-state index in [0.29, 0.717) is 19.6 Å². The Labute approximate surface area is 147 Å². The lowest BCUT2D eigenvalue weighted by atomic mass is 9.96. The van der Waals surface area contributed by atoms with Crippen LogP contribution in [0.4, 0.5) is 4.39 Å². The van der Waals surface area contributed by atoms with Crippen LogP contribution in [0.2, 0.25) is 0 Å². The zero-order valence-electron chi connectivity index (χ0n) is 14.5. The van der Waals surface area contributed by atoms with Gasteiger partial charge in [0.25, 0.3) is 0 Å². The highest BCUT2D eigenvalue weighted by Crippen LogP contribution is 2.27. The van der Waals surface area contributed by atoms with Crippen LogP contribution >= 0.6 is 0 Å². The van der Waals surface area contributed by atoms with Crippen LogP contribution in [-0.2, 0) is 11.2 Å². The Morgan fingerprint density at radius 2 is 2.08 bits per heavy atom.